The Kier molecular flexibility index (Phi) is 5.08. The minimum atomic E-state index is -0.238. The summed E-state index contributed by atoms with van der Waals surface area (Å²) in [5.74, 6) is 0.577. The summed E-state index contributed by atoms with van der Waals surface area (Å²) in [4.78, 5) is 14.2. The lowest BCUT2D eigenvalue weighted by molar-refractivity contribution is 0.224. The lowest BCUT2D eigenvalue weighted by Gasteiger charge is -2.23. The number of furan rings is 1. The molecule has 1 saturated carbocycles. The van der Waals surface area contributed by atoms with Crippen molar-refractivity contribution in [3.8, 4) is 0 Å². The van der Waals surface area contributed by atoms with Gasteiger partial charge in [-0.05, 0) is 56.8 Å². The number of hydrogen-bond donors (Lipinski definition) is 2. The Hall–Kier alpha value is -2.34. The third-order valence-electron chi connectivity index (χ3n) is 4.85. The van der Waals surface area contributed by atoms with Gasteiger partial charge in [-0.3, -0.25) is 4.90 Å². The average Bonchev–Trinajstić information content (AvgIpc) is 3.19. The highest BCUT2D eigenvalue weighted by molar-refractivity contribution is 5.74. The SMILES string of the molecule is CN(C)C(CNC(=O)NCC1(c2ccc(F)cc2)CC1)c1ccco1. The Labute approximate surface area is 147 Å². The number of carbonyl (C=O) groups excluding carboxylic acids is 1. The van der Waals surface area contributed by atoms with Gasteiger partial charge in [-0.25, -0.2) is 9.18 Å². The number of carbonyl (C=O) groups is 1. The van der Waals surface area contributed by atoms with Gasteiger partial charge in [0.25, 0.3) is 0 Å². The topological polar surface area (TPSA) is 57.5 Å². The van der Waals surface area contributed by atoms with Crippen molar-refractivity contribution in [1.82, 2.24) is 15.5 Å². The molecule has 2 amide bonds. The first-order chi connectivity index (χ1) is 12.0. The van der Waals surface area contributed by atoms with Crippen LogP contribution in [0.25, 0.3) is 0 Å². The van der Waals surface area contributed by atoms with Crippen molar-refractivity contribution in [2.24, 2.45) is 0 Å². The van der Waals surface area contributed by atoms with Crippen LogP contribution in [0.2, 0.25) is 0 Å². The number of amides is 2. The van der Waals surface area contributed by atoms with Gasteiger partial charge in [0.05, 0.1) is 12.3 Å². The second-order valence-corrected chi connectivity index (χ2v) is 6.85. The molecule has 1 aliphatic carbocycles. The monoisotopic (exact) mass is 345 g/mol. The first-order valence-electron chi connectivity index (χ1n) is 8.48. The molecule has 134 valence electrons. The molecule has 6 heteroatoms. The Morgan fingerprint density at radius 1 is 1.24 bits per heavy atom. The van der Waals surface area contributed by atoms with Gasteiger partial charge in [-0.1, -0.05) is 12.1 Å². The van der Waals surface area contributed by atoms with Crippen molar-refractivity contribution in [2.45, 2.75) is 24.3 Å². The Morgan fingerprint density at radius 2 is 1.96 bits per heavy atom. The molecule has 0 saturated heterocycles. The molecule has 1 aromatic heterocycles. The van der Waals surface area contributed by atoms with E-state index in [9.17, 15) is 9.18 Å². The Balaban J connectivity index is 1.50. The molecule has 2 aromatic rings. The molecule has 1 unspecified atom stereocenters. The Morgan fingerprint density at radius 3 is 2.52 bits per heavy atom. The first-order valence-corrected chi connectivity index (χ1v) is 8.48. The minimum Gasteiger partial charge on any atom is -0.468 e. The van der Waals surface area contributed by atoms with E-state index in [1.54, 1.807) is 18.4 Å². The van der Waals surface area contributed by atoms with Crippen molar-refractivity contribution in [3.05, 3.63) is 59.8 Å². The molecule has 0 spiro atoms. The van der Waals surface area contributed by atoms with Crippen molar-refractivity contribution >= 4 is 6.03 Å². The van der Waals surface area contributed by atoms with E-state index in [4.69, 9.17) is 4.42 Å². The lowest BCUT2D eigenvalue weighted by atomic mass is 9.96. The molecule has 3 rings (SSSR count). The average molecular weight is 345 g/mol. The number of halogens is 1. The van der Waals surface area contributed by atoms with E-state index >= 15 is 0 Å². The van der Waals surface area contributed by atoms with Gasteiger partial charge >= 0.3 is 6.03 Å². The normalized spacial score (nSPS) is 16.5. The zero-order valence-corrected chi connectivity index (χ0v) is 14.6. The summed E-state index contributed by atoms with van der Waals surface area (Å²) in [6, 6.07) is 10.1. The Bertz CT molecular complexity index is 694. The molecule has 0 radical (unpaired) electrons. The van der Waals surface area contributed by atoms with E-state index in [1.807, 2.05) is 31.1 Å². The summed E-state index contributed by atoms with van der Waals surface area (Å²) in [6.07, 6.45) is 3.64. The number of nitrogens with one attached hydrogen (secondary N) is 2. The quantitative estimate of drug-likeness (QED) is 0.811. The number of benzene rings is 1. The second-order valence-electron chi connectivity index (χ2n) is 6.85. The number of nitrogens with zero attached hydrogens (tertiary/aromatic N) is 1. The summed E-state index contributed by atoms with van der Waals surface area (Å²) >= 11 is 0. The maximum Gasteiger partial charge on any atom is 0.314 e. The van der Waals surface area contributed by atoms with Crippen LogP contribution in [0.3, 0.4) is 0 Å². The molecule has 1 aliphatic rings. The molecule has 0 bridgehead atoms. The van der Waals surface area contributed by atoms with Crippen molar-refractivity contribution in [2.75, 3.05) is 27.2 Å². The molecule has 1 aromatic carbocycles. The number of rotatable bonds is 7. The summed E-state index contributed by atoms with van der Waals surface area (Å²) in [5.41, 5.74) is 1.03. The summed E-state index contributed by atoms with van der Waals surface area (Å²) < 4.78 is 18.5. The molecule has 1 atom stereocenters. The van der Waals surface area contributed by atoms with E-state index in [1.165, 1.54) is 12.1 Å². The molecule has 2 N–H and O–H groups in total. The fraction of sp³-hybridized carbons (Fsp3) is 0.421. The highest BCUT2D eigenvalue weighted by atomic mass is 19.1. The van der Waals surface area contributed by atoms with Crippen LogP contribution in [0.15, 0.2) is 47.1 Å². The largest absolute Gasteiger partial charge is 0.468 e. The van der Waals surface area contributed by atoms with Crippen molar-refractivity contribution in [1.29, 1.82) is 0 Å². The van der Waals surface area contributed by atoms with Gasteiger partial charge < -0.3 is 15.1 Å². The standard InChI is InChI=1S/C19H24FN3O2/c1-23(2)16(17-4-3-11-25-17)12-21-18(24)22-13-19(9-10-19)14-5-7-15(20)8-6-14/h3-8,11,16H,9-10,12-13H2,1-2H3,(H2,21,22,24). The maximum atomic E-state index is 13.1. The minimum absolute atomic E-state index is 0.0206. The molecular weight excluding hydrogens is 321 g/mol. The second kappa shape index (κ2) is 7.27. The zero-order chi connectivity index (χ0) is 17.9. The first kappa shape index (κ1) is 17.5. The van der Waals surface area contributed by atoms with Gasteiger partial charge in [0.15, 0.2) is 0 Å². The van der Waals surface area contributed by atoms with Crippen LogP contribution in [-0.4, -0.2) is 38.1 Å². The fourth-order valence-corrected chi connectivity index (χ4v) is 3.04. The van der Waals surface area contributed by atoms with E-state index < -0.39 is 0 Å². The lowest BCUT2D eigenvalue weighted by Crippen LogP contribution is -2.43. The third-order valence-corrected chi connectivity index (χ3v) is 4.85. The van der Waals surface area contributed by atoms with Gasteiger partial charge in [-0.2, -0.15) is 0 Å². The molecule has 1 heterocycles. The van der Waals surface area contributed by atoms with Crippen LogP contribution < -0.4 is 10.6 Å². The van der Waals surface area contributed by atoms with E-state index in [-0.39, 0.29) is 23.3 Å². The summed E-state index contributed by atoms with van der Waals surface area (Å²) in [5, 5.41) is 5.85. The van der Waals surface area contributed by atoms with Gasteiger partial charge in [0.2, 0.25) is 0 Å². The molecule has 1 fully saturated rings. The molecule has 0 aliphatic heterocycles. The fourth-order valence-electron chi connectivity index (χ4n) is 3.04. The van der Waals surface area contributed by atoms with Crippen molar-refractivity contribution in [3.63, 3.8) is 0 Å². The summed E-state index contributed by atoms with van der Waals surface area (Å²) in [6.45, 7) is 1.01. The van der Waals surface area contributed by atoms with Crippen LogP contribution in [0, 0.1) is 5.82 Å². The van der Waals surface area contributed by atoms with E-state index in [0.29, 0.717) is 13.1 Å². The van der Waals surface area contributed by atoms with Crippen molar-refractivity contribution < 1.29 is 13.6 Å². The predicted octanol–water partition coefficient (Wildman–Crippen LogP) is 3.05. The highest BCUT2D eigenvalue weighted by Crippen LogP contribution is 2.47. The number of likely N-dealkylation sites (N-methyl/N-ethyl adjacent to an activating group) is 1. The maximum absolute atomic E-state index is 13.1. The molecule has 5 nitrogen and oxygen atoms in total. The smallest absolute Gasteiger partial charge is 0.314 e. The van der Waals surface area contributed by atoms with E-state index in [0.717, 1.165) is 24.2 Å². The van der Waals surface area contributed by atoms with Gasteiger partial charge in [-0.15, -0.1) is 0 Å². The van der Waals surface area contributed by atoms with Crippen LogP contribution in [0.1, 0.15) is 30.2 Å². The van der Waals surface area contributed by atoms with E-state index in [2.05, 4.69) is 10.6 Å². The molecule has 25 heavy (non-hydrogen) atoms. The van der Waals surface area contributed by atoms with Crippen LogP contribution in [0.4, 0.5) is 9.18 Å². The number of hydrogen-bond acceptors (Lipinski definition) is 3. The van der Waals surface area contributed by atoms with Crippen LogP contribution in [0.5, 0.6) is 0 Å². The highest BCUT2D eigenvalue weighted by Gasteiger charge is 2.44. The predicted molar refractivity (Wildman–Crippen MR) is 93.8 cm³/mol. The van der Waals surface area contributed by atoms with Gasteiger partial charge in [0, 0.05) is 18.5 Å². The zero-order valence-electron chi connectivity index (χ0n) is 14.6. The summed E-state index contributed by atoms with van der Waals surface area (Å²) in [7, 11) is 3.89. The van der Waals surface area contributed by atoms with Crippen LogP contribution >= 0.6 is 0 Å². The van der Waals surface area contributed by atoms with Gasteiger partial charge in [0.1, 0.15) is 11.6 Å². The third kappa shape index (κ3) is 4.20. The number of urea groups is 1. The van der Waals surface area contributed by atoms with Crippen LogP contribution in [-0.2, 0) is 5.41 Å². The molecular formula is C19H24FN3O2.